The molecule has 0 aliphatic rings. The van der Waals surface area contributed by atoms with Gasteiger partial charge in [-0.2, -0.15) is 5.10 Å². The minimum atomic E-state index is -0.641. The van der Waals surface area contributed by atoms with E-state index in [1.54, 1.807) is 43.7 Å². The second-order valence-electron chi connectivity index (χ2n) is 7.04. The summed E-state index contributed by atoms with van der Waals surface area (Å²) in [6.07, 6.45) is -0.600. The summed E-state index contributed by atoms with van der Waals surface area (Å²) in [5.74, 6) is 0.0428. The lowest BCUT2D eigenvalue weighted by Gasteiger charge is -2.20. The van der Waals surface area contributed by atoms with Crippen LogP contribution in [-0.4, -0.2) is 39.0 Å². The van der Waals surface area contributed by atoms with Crippen LogP contribution in [0, 0.1) is 0 Å². The zero-order valence-corrected chi connectivity index (χ0v) is 15.4. The smallest absolute Gasteiger partial charge is 0.413 e. The molecule has 0 aliphatic heterocycles. The van der Waals surface area contributed by atoms with Crippen molar-refractivity contribution in [1.82, 2.24) is 9.78 Å². The Morgan fingerprint density at radius 1 is 1.15 bits per heavy atom. The summed E-state index contributed by atoms with van der Waals surface area (Å²) in [6.45, 7) is 4.78. The van der Waals surface area contributed by atoms with Crippen LogP contribution >= 0.6 is 0 Å². The van der Waals surface area contributed by atoms with E-state index in [0.29, 0.717) is 22.3 Å². The van der Waals surface area contributed by atoms with Crippen molar-refractivity contribution in [2.24, 2.45) is 0 Å². The fourth-order valence-electron chi connectivity index (χ4n) is 2.63. The van der Waals surface area contributed by atoms with E-state index in [9.17, 15) is 9.59 Å². The summed E-state index contributed by atoms with van der Waals surface area (Å²) in [6, 6.07) is 14.2. The van der Waals surface area contributed by atoms with E-state index < -0.39 is 24.1 Å². The molecular weight excluding hydrogens is 346 g/mol. The number of ketones is 1. The van der Waals surface area contributed by atoms with Crippen LogP contribution in [0.3, 0.4) is 0 Å². The molecule has 0 fully saturated rings. The van der Waals surface area contributed by atoms with Crippen molar-refractivity contribution in [2.45, 2.75) is 26.4 Å². The molecule has 1 aromatic heterocycles. The number of hydrogen-bond donors (Lipinski definition) is 2. The van der Waals surface area contributed by atoms with Crippen molar-refractivity contribution in [3.8, 4) is 5.69 Å². The Hall–Kier alpha value is -3.19. The van der Waals surface area contributed by atoms with Crippen LogP contribution in [-0.2, 0) is 4.74 Å². The van der Waals surface area contributed by atoms with Gasteiger partial charge in [0.1, 0.15) is 18.0 Å². The van der Waals surface area contributed by atoms with E-state index in [2.05, 4.69) is 10.4 Å². The molecule has 0 bridgehead atoms. The van der Waals surface area contributed by atoms with Gasteiger partial charge in [0.05, 0.1) is 11.2 Å². The second-order valence-corrected chi connectivity index (χ2v) is 7.04. The molecule has 0 saturated heterocycles. The van der Waals surface area contributed by atoms with Crippen molar-refractivity contribution in [1.29, 1.82) is 0 Å². The standard InChI is InChI=1S/C20H21N3O4/c1-20(2,3)27-19(26)21-18-15-10-9-13(17(25)12-24)11-16(15)22-23(18)14-7-5-4-6-8-14/h4-11,24H,12H2,1-3H3,(H,21,26). The molecule has 0 aliphatic carbocycles. The first-order chi connectivity index (χ1) is 12.8. The average molecular weight is 367 g/mol. The van der Waals surface area contributed by atoms with Crippen LogP contribution in [0.2, 0.25) is 0 Å². The number of para-hydroxylation sites is 1. The van der Waals surface area contributed by atoms with Crippen molar-refractivity contribution in [2.75, 3.05) is 11.9 Å². The fourth-order valence-corrected chi connectivity index (χ4v) is 2.63. The zero-order valence-electron chi connectivity index (χ0n) is 15.4. The van der Waals surface area contributed by atoms with Gasteiger partial charge in [0.25, 0.3) is 0 Å². The number of Topliss-reactive ketones (excluding diaryl/α,β-unsaturated/α-hetero) is 1. The number of nitrogens with zero attached hydrogens (tertiary/aromatic N) is 2. The molecule has 0 saturated carbocycles. The van der Waals surface area contributed by atoms with E-state index >= 15 is 0 Å². The van der Waals surface area contributed by atoms with E-state index in [-0.39, 0.29) is 0 Å². The Bertz CT molecular complexity index is 988. The number of nitrogens with one attached hydrogen (secondary N) is 1. The van der Waals surface area contributed by atoms with Gasteiger partial charge in [-0.15, -0.1) is 0 Å². The molecule has 0 spiro atoms. The van der Waals surface area contributed by atoms with Crippen LogP contribution in [0.5, 0.6) is 0 Å². The summed E-state index contributed by atoms with van der Waals surface area (Å²) in [7, 11) is 0. The molecule has 1 heterocycles. The number of aliphatic hydroxyl groups is 1. The van der Waals surface area contributed by atoms with E-state index in [1.165, 1.54) is 0 Å². The molecule has 27 heavy (non-hydrogen) atoms. The second kappa shape index (κ2) is 7.20. The minimum Gasteiger partial charge on any atom is -0.444 e. The first-order valence-electron chi connectivity index (χ1n) is 8.51. The third-order valence-electron chi connectivity index (χ3n) is 3.76. The third kappa shape index (κ3) is 4.15. The van der Waals surface area contributed by atoms with Crippen molar-refractivity contribution in [3.05, 3.63) is 54.1 Å². The molecule has 0 unspecified atom stereocenters. The number of rotatable bonds is 4. The van der Waals surface area contributed by atoms with Gasteiger partial charge in [0.15, 0.2) is 5.78 Å². The van der Waals surface area contributed by atoms with Gasteiger partial charge in [-0.1, -0.05) is 24.3 Å². The van der Waals surface area contributed by atoms with Gasteiger partial charge in [-0.3, -0.25) is 10.1 Å². The maximum absolute atomic E-state index is 12.3. The Balaban J connectivity index is 2.10. The highest BCUT2D eigenvalue weighted by Crippen LogP contribution is 2.28. The highest BCUT2D eigenvalue weighted by Gasteiger charge is 2.21. The Morgan fingerprint density at radius 3 is 2.48 bits per heavy atom. The number of ether oxygens (including phenoxy) is 1. The molecule has 140 valence electrons. The number of fused-ring (bicyclic) bond motifs is 1. The van der Waals surface area contributed by atoms with Gasteiger partial charge in [-0.25, -0.2) is 9.48 Å². The molecule has 2 aromatic carbocycles. The first-order valence-corrected chi connectivity index (χ1v) is 8.51. The number of aromatic nitrogens is 2. The van der Waals surface area contributed by atoms with E-state index in [0.717, 1.165) is 5.69 Å². The SMILES string of the molecule is CC(C)(C)OC(=O)Nc1c2ccc(C(=O)CO)cc2nn1-c1ccccc1. The predicted molar refractivity (Wildman–Crippen MR) is 102 cm³/mol. The topological polar surface area (TPSA) is 93.4 Å². The fraction of sp³-hybridized carbons (Fsp3) is 0.250. The van der Waals surface area contributed by atoms with Gasteiger partial charge in [0, 0.05) is 10.9 Å². The highest BCUT2D eigenvalue weighted by molar-refractivity contribution is 6.03. The average Bonchev–Trinajstić information content (AvgIpc) is 2.97. The van der Waals surface area contributed by atoms with Gasteiger partial charge < -0.3 is 9.84 Å². The van der Waals surface area contributed by atoms with Crippen molar-refractivity contribution < 1.29 is 19.4 Å². The molecule has 7 nitrogen and oxygen atoms in total. The normalized spacial score (nSPS) is 11.4. The largest absolute Gasteiger partial charge is 0.444 e. The number of carbonyl (C=O) groups excluding carboxylic acids is 2. The van der Waals surface area contributed by atoms with E-state index in [4.69, 9.17) is 9.84 Å². The zero-order chi connectivity index (χ0) is 19.6. The van der Waals surface area contributed by atoms with Crippen molar-refractivity contribution >= 4 is 28.6 Å². The number of benzene rings is 2. The quantitative estimate of drug-likeness (QED) is 0.688. The maximum atomic E-state index is 12.3. The molecule has 7 heteroatoms. The lowest BCUT2D eigenvalue weighted by molar-refractivity contribution is 0.0635. The number of hydrogen-bond acceptors (Lipinski definition) is 5. The van der Waals surface area contributed by atoms with Gasteiger partial charge in [-0.05, 0) is 45.0 Å². The minimum absolute atomic E-state index is 0.353. The Kier molecular flexibility index (Phi) is 4.96. The first kappa shape index (κ1) is 18.6. The number of carbonyl (C=O) groups is 2. The highest BCUT2D eigenvalue weighted by atomic mass is 16.6. The third-order valence-corrected chi connectivity index (χ3v) is 3.76. The number of anilines is 1. The molecule has 1 amide bonds. The number of aliphatic hydroxyl groups excluding tert-OH is 1. The molecule has 3 rings (SSSR count). The maximum Gasteiger partial charge on any atom is 0.413 e. The molecule has 2 N–H and O–H groups in total. The Labute approximate surface area is 156 Å². The molecular formula is C20H21N3O4. The molecule has 0 atom stereocenters. The van der Waals surface area contributed by atoms with Crippen LogP contribution in [0.1, 0.15) is 31.1 Å². The Morgan fingerprint density at radius 2 is 1.85 bits per heavy atom. The lowest BCUT2D eigenvalue weighted by Crippen LogP contribution is -2.28. The van der Waals surface area contributed by atoms with Crippen LogP contribution in [0.25, 0.3) is 16.6 Å². The van der Waals surface area contributed by atoms with Crippen molar-refractivity contribution in [3.63, 3.8) is 0 Å². The predicted octanol–water partition coefficient (Wildman–Crippen LogP) is 3.55. The van der Waals surface area contributed by atoms with Crippen LogP contribution < -0.4 is 5.32 Å². The molecule has 0 radical (unpaired) electrons. The summed E-state index contributed by atoms with van der Waals surface area (Å²) in [5, 5.41) is 17.0. The molecule has 3 aromatic rings. The monoisotopic (exact) mass is 367 g/mol. The van der Waals surface area contributed by atoms with E-state index in [1.807, 2.05) is 30.3 Å². The summed E-state index contributed by atoms with van der Waals surface area (Å²) >= 11 is 0. The van der Waals surface area contributed by atoms with Crippen LogP contribution in [0.4, 0.5) is 10.6 Å². The van der Waals surface area contributed by atoms with Gasteiger partial charge >= 0.3 is 6.09 Å². The summed E-state index contributed by atoms with van der Waals surface area (Å²) in [5.41, 5.74) is 0.976. The summed E-state index contributed by atoms with van der Waals surface area (Å²) in [4.78, 5) is 24.1. The summed E-state index contributed by atoms with van der Waals surface area (Å²) < 4.78 is 6.94. The van der Waals surface area contributed by atoms with Gasteiger partial charge in [0.2, 0.25) is 0 Å². The van der Waals surface area contributed by atoms with Crippen LogP contribution in [0.15, 0.2) is 48.5 Å². The number of amides is 1. The lowest BCUT2D eigenvalue weighted by atomic mass is 10.1.